The van der Waals surface area contributed by atoms with Crippen molar-refractivity contribution in [3.8, 4) is 0 Å². The van der Waals surface area contributed by atoms with E-state index in [0.29, 0.717) is 18.1 Å². The fraction of sp³-hybridized carbons (Fsp3) is 0.500. The van der Waals surface area contributed by atoms with Gasteiger partial charge in [-0.3, -0.25) is 4.79 Å². The number of hydrogen-bond donors (Lipinski definition) is 3. The lowest BCUT2D eigenvalue weighted by atomic mass is 10.1. The highest BCUT2D eigenvalue weighted by atomic mass is 32.2. The van der Waals surface area contributed by atoms with Crippen LogP contribution in [0.1, 0.15) is 24.0 Å². The van der Waals surface area contributed by atoms with E-state index in [-0.39, 0.29) is 29.9 Å². The molecule has 8 heteroatoms. The molecule has 1 fully saturated rings. The van der Waals surface area contributed by atoms with Crippen LogP contribution in [-0.2, 0) is 14.6 Å². The number of amides is 1. The highest BCUT2D eigenvalue weighted by Crippen LogP contribution is 2.15. The normalized spacial score (nSPS) is 18.8. The number of aryl methyl sites for hydroxylation is 2. The molecule has 2 rings (SSSR count). The molecule has 6 nitrogen and oxygen atoms in total. The van der Waals surface area contributed by atoms with Gasteiger partial charge in [-0.25, -0.2) is 8.42 Å². The number of rotatable bonds is 5. The molecular formula is C16H23N3O3S2. The molecule has 1 unspecified atom stereocenters. The molecule has 1 aliphatic heterocycles. The quantitative estimate of drug-likeness (QED) is 0.678. The molecule has 0 aliphatic carbocycles. The summed E-state index contributed by atoms with van der Waals surface area (Å²) in [5.41, 5.74) is 3.21. The maximum absolute atomic E-state index is 11.8. The van der Waals surface area contributed by atoms with Gasteiger partial charge in [0.15, 0.2) is 14.9 Å². The highest BCUT2D eigenvalue weighted by Gasteiger charge is 2.28. The number of carbonyl (C=O) groups is 1. The molecule has 1 saturated heterocycles. The molecule has 0 aromatic heterocycles. The first-order valence-corrected chi connectivity index (χ1v) is 10.1. The average molecular weight is 370 g/mol. The SMILES string of the molecule is Cc1ccc(NC(=S)NCCC(=O)NC2CCS(=O)(=O)C2)c(C)c1. The predicted molar refractivity (Wildman–Crippen MR) is 100.0 cm³/mol. The van der Waals surface area contributed by atoms with Crippen molar-refractivity contribution in [2.24, 2.45) is 0 Å². The monoisotopic (exact) mass is 369 g/mol. The third-order valence-electron chi connectivity index (χ3n) is 3.87. The minimum atomic E-state index is -2.98. The lowest BCUT2D eigenvalue weighted by Crippen LogP contribution is -2.38. The fourth-order valence-corrected chi connectivity index (χ4v) is 4.50. The maximum Gasteiger partial charge on any atom is 0.222 e. The van der Waals surface area contributed by atoms with E-state index in [1.807, 2.05) is 26.0 Å². The van der Waals surface area contributed by atoms with E-state index in [0.717, 1.165) is 11.3 Å². The van der Waals surface area contributed by atoms with E-state index in [1.165, 1.54) is 5.56 Å². The Kier molecular flexibility index (Phi) is 6.17. The lowest BCUT2D eigenvalue weighted by Gasteiger charge is -2.14. The maximum atomic E-state index is 11.8. The Hall–Kier alpha value is -1.67. The molecule has 0 saturated carbocycles. The molecule has 0 bridgehead atoms. The molecule has 24 heavy (non-hydrogen) atoms. The van der Waals surface area contributed by atoms with Crippen LogP contribution in [-0.4, -0.2) is 43.5 Å². The smallest absolute Gasteiger partial charge is 0.222 e. The summed E-state index contributed by atoms with van der Waals surface area (Å²) in [5, 5.41) is 9.30. The number of nitrogens with one attached hydrogen (secondary N) is 3. The number of anilines is 1. The first-order valence-electron chi connectivity index (χ1n) is 7.87. The third kappa shape index (κ3) is 5.76. The Balaban J connectivity index is 1.69. The summed E-state index contributed by atoms with van der Waals surface area (Å²) in [6, 6.07) is 5.77. The zero-order chi connectivity index (χ0) is 17.7. The van der Waals surface area contributed by atoms with Gasteiger partial charge in [-0.15, -0.1) is 0 Å². The first kappa shape index (κ1) is 18.7. The topological polar surface area (TPSA) is 87.3 Å². The Morgan fingerprint density at radius 3 is 2.71 bits per heavy atom. The van der Waals surface area contributed by atoms with Crippen molar-refractivity contribution in [2.45, 2.75) is 32.7 Å². The molecule has 132 valence electrons. The molecule has 1 aliphatic rings. The zero-order valence-electron chi connectivity index (χ0n) is 13.9. The van der Waals surface area contributed by atoms with E-state index in [1.54, 1.807) is 0 Å². The average Bonchev–Trinajstić information content (AvgIpc) is 2.81. The summed E-state index contributed by atoms with van der Waals surface area (Å²) in [6.45, 7) is 4.42. The van der Waals surface area contributed by atoms with Gasteiger partial charge in [-0.05, 0) is 44.1 Å². The fourth-order valence-electron chi connectivity index (χ4n) is 2.62. The van der Waals surface area contributed by atoms with Gasteiger partial charge in [-0.1, -0.05) is 17.7 Å². The van der Waals surface area contributed by atoms with Crippen molar-refractivity contribution in [3.63, 3.8) is 0 Å². The van der Waals surface area contributed by atoms with E-state index in [9.17, 15) is 13.2 Å². The molecule has 1 heterocycles. The van der Waals surface area contributed by atoms with Crippen LogP contribution < -0.4 is 16.0 Å². The van der Waals surface area contributed by atoms with Crippen molar-refractivity contribution < 1.29 is 13.2 Å². The third-order valence-corrected chi connectivity index (χ3v) is 5.88. The van der Waals surface area contributed by atoms with Gasteiger partial charge in [0.2, 0.25) is 5.91 Å². The Morgan fingerprint density at radius 2 is 2.08 bits per heavy atom. The molecule has 1 aromatic rings. The standard InChI is InChI=1S/C16H23N3O3S2/c1-11-3-4-14(12(2)9-11)19-16(23)17-7-5-15(20)18-13-6-8-24(21,22)10-13/h3-4,9,13H,5-8,10H2,1-2H3,(H,18,20)(H2,17,19,23). The number of carbonyl (C=O) groups excluding carboxylic acids is 1. The number of hydrogen-bond acceptors (Lipinski definition) is 4. The minimum Gasteiger partial charge on any atom is -0.362 e. The second-order valence-corrected chi connectivity index (χ2v) is 8.75. The predicted octanol–water partition coefficient (Wildman–Crippen LogP) is 1.28. The first-order chi connectivity index (χ1) is 11.2. The highest BCUT2D eigenvalue weighted by molar-refractivity contribution is 7.91. The van der Waals surface area contributed by atoms with Crippen molar-refractivity contribution >= 4 is 38.8 Å². The van der Waals surface area contributed by atoms with Crippen LogP contribution in [0.4, 0.5) is 5.69 Å². The van der Waals surface area contributed by atoms with Crippen LogP contribution in [0.3, 0.4) is 0 Å². The number of benzene rings is 1. The van der Waals surface area contributed by atoms with E-state index < -0.39 is 9.84 Å². The van der Waals surface area contributed by atoms with Crippen LogP contribution >= 0.6 is 12.2 Å². The molecule has 0 spiro atoms. The molecule has 1 amide bonds. The van der Waals surface area contributed by atoms with Gasteiger partial charge >= 0.3 is 0 Å². The summed E-state index contributed by atoms with van der Waals surface area (Å²) in [6.07, 6.45) is 0.736. The summed E-state index contributed by atoms with van der Waals surface area (Å²) in [4.78, 5) is 11.8. The molecule has 1 atom stereocenters. The summed E-state index contributed by atoms with van der Waals surface area (Å²) in [7, 11) is -2.98. The van der Waals surface area contributed by atoms with Gasteiger partial charge in [0.25, 0.3) is 0 Å². The van der Waals surface area contributed by atoms with Gasteiger partial charge < -0.3 is 16.0 Å². The van der Waals surface area contributed by atoms with Crippen molar-refractivity contribution in [3.05, 3.63) is 29.3 Å². The van der Waals surface area contributed by atoms with Crippen molar-refractivity contribution in [2.75, 3.05) is 23.4 Å². The Labute approximate surface area is 148 Å². The van der Waals surface area contributed by atoms with E-state index in [2.05, 4.69) is 22.0 Å². The van der Waals surface area contributed by atoms with Gasteiger partial charge in [0.1, 0.15) is 0 Å². The van der Waals surface area contributed by atoms with Crippen molar-refractivity contribution in [1.82, 2.24) is 10.6 Å². The molecule has 1 aromatic carbocycles. The zero-order valence-corrected chi connectivity index (χ0v) is 15.5. The summed E-state index contributed by atoms with van der Waals surface area (Å²) in [5.74, 6) is 0.0257. The van der Waals surface area contributed by atoms with Crippen LogP contribution in [0, 0.1) is 13.8 Å². The molecule has 0 radical (unpaired) electrons. The van der Waals surface area contributed by atoms with E-state index >= 15 is 0 Å². The van der Waals surface area contributed by atoms with Gasteiger partial charge in [0.05, 0.1) is 11.5 Å². The van der Waals surface area contributed by atoms with E-state index in [4.69, 9.17) is 12.2 Å². The van der Waals surface area contributed by atoms with Gasteiger partial charge in [0, 0.05) is 24.7 Å². The lowest BCUT2D eigenvalue weighted by molar-refractivity contribution is -0.121. The van der Waals surface area contributed by atoms with Crippen LogP contribution in [0.5, 0.6) is 0 Å². The second-order valence-electron chi connectivity index (χ2n) is 6.12. The Morgan fingerprint density at radius 1 is 1.33 bits per heavy atom. The summed E-state index contributed by atoms with van der Waals surface area (Å²) < 4.78 is 22.7. The van der Waals surface area contributed by atoms with Crippen LogP contribution in [0.25, 0.3) is 0 Å². The van der Waals surface area contributed by atoms with Crippen LogP contribution in [0.2, 0.25) is 0 Å². The molecule has 3 N–H and O–H groups in total. The second kappa shape index (κ2) is 7.94. The summed E-state index contributed by atoms with van der Waals surface area (Å²) >= 11 is 5.22. The van der Waals surface area contributed by atoms with Crippen LogP contribution in [0.15, 0.2) is 18.2 Å². The number of sulfone groups is 1. The van der Waals surface area contributed by atoms with Gasteiger partial charge in [-0.2, -0.15) is 0 Å². The largest absolute Gasteiger partial charge is 0.362 e. The number of thiocarbonyl (C=S) groups is 1. The van der Waals surface area contributed by atoms with Crippen molar-refractivity contribution in [1.29, 1.82) is 0 Å². The minimum absolute atomic E-state index is 0.0405. The molecular weight excluding hydrogens is 346 g/mol. The Bertz CT molecular complexity index is 732.